The van der Waals surface area contributed by atoms with E-state index in [0.29, 0.717) is 6.54 Å². The van der Waals surface area contributed by atoms with Crippen molar-refractivity contribution in [3.8, 4) is 6.07 Å². The van der Waals surface area contributed by atoms with Gasteiger partial charge in [0.25, 0.3) is 5.56 Å². The molecule has 0 saturated heterocycles. The quantitative estimate of drug-likeness (QED) is 0.809. The number of aryl methyl sites for hydroxylation is 2. The maximum Gasteiger partial charge on any atom is 0.268 e. The highest BCUT2D eigenvalue weighted by atomic mass is 32.1. The Balaban J connectivity index is 2.17. The van der Waals surface area contributed by atoms with Gasteiger partial charge in [0.1, 0.15) is 11.6 Å². The van der Waals surface area contributed by atoms with Crippen LogP contribution in [-0.4, -0.2) is 4.57 Å². The molecule has 0 atom stereocenters. The first-order chi connectivity index (χ1) is 7.81. The average molecular weight is 230 g/mol. The van der Waals surface area contributed by atoms with E-state index in [1.165, 1.54) is 5.56 Å². The van der Waals surface area contributed by atoms with Crippen molar-refractivity contribution < 1.29 is 0 Å². The van der Waals surface area contributed by atoms with Gasteiger partial charge in [-0.2, -0.15) is 16.6 Å². The second-order valence-electron chi connectivity index (χ2n) is 3.41. The molecule has 0 amide bonds. The third-order valence-electron chi connectivity index (χ3n) is 2.36. The number of pyridine rings is 1. The molecule has 2 aromatic heterocycles. The Labute approximate surface area is 97.2 Å². The molecular formula is C12H10N2OS. The van der Waals surface area contributed by atoms with Gasteiger partial charge >= 0.3 is 0 Å². The number of rotatable bonds is 3. The summed E-state index contributed by atoms with van der Waals surface area (Å²) in [6, 6.07) is 7.22. The Morgan fingerprint density at radius 2 is 2.31 bits per heavy atom. The first-order valence-corrected chi connectivity index (χ1v) is 5.86. The molecule has 0 aliphatic heterocycles. The number of hydrogen-bond donors (Lipinski definition) is 0. The molecule has 0 N–H and O–H groups in total. The van der Waals surface area contributed by atoms with Gasteiger partial charge in [-0.15, -0.1) is 0 Å². The van der Waals surface area contributed by atoms with Crippen molar-refractivity contribution >= 4 is 11.3 Å². The molecule has 0 aromatic carbocycles. The van der Waals surface area contributed by atoms with Crippen molar-refractivity contribution in [2.45, 2.75) is 13.0 Å². The average Bonchev–Trinajstić information content (AvgIpc) is 2.81. The van der Waals surface area contributed by atoms with Crippen LogP contribution in [0, 0.1) is 11.3 Å². The minimum Gasteiger partial charge on any atom is -0.314 e. The van der Waals surface area contributed by atoms with Crippen LogP contribution in [0.15, 0.2) is 40.0 Å². The lowest BCUT2D eigenvalue weighted by atomic mass is 10.2. The van der Waals surface area contributed by atoms with E-state index in [9.17, 15) is 4.79 Å². The standard InChI is InChI=1S/C12H10N2OS/c13-8-11-2-1-5-14(12(11)15)6-3-10-4-7-16-9-10/h1-2,4-5,7,9H,3,6H2. The van der Waals surface area contributed by atoms with Crippen molar-refractivity contribution in [2.75, 3.05) is 0 Å². The first-order valence-electron chi connectivity index (χ1n) is 4.92. The molecule has 0 saturated carbocycles. The fourth-order valence-corrected chi connectivity index (χ4v) is 2.19. The molecule has 0 aliphatic carbocycles. The second kappa shape index (κ2) is 4.77. The summed E-state index contributed by atoms with van der Waals surface area (Å²) in [5, 5.41) is 12.8. The van der Waals surface area contributed by atoms with Gasteiger partial charge in [0.2, 0.25) is 0 Å². The highest BCUT2D eigenvalue weighted by Crippen LogP contribution is 2.07. The highest BCUT2D eigenvalue weighted by molar-refractivity contribution is 7.07. The van der Waals surface area contributed by atoms with Crippen LogP contribution >= 0.6 is 11.3 Å². The number of nitrogens with zero attached hydrogens (tertiary/aromatic N) is 2. The zero-order valence-electron chi connectivity index (χ0n) is 8.59. The van der Waals surface area contributed by atoms with Crippen LogP contribution < -0.4 is 5.56 Å². The first kappa shape index (κ1) is 10.7. The van der Waals surface area contributed by atoms with Gasteiger partial charge in [-0.1, -0.05) is 0 Å². The Hall–Kier alpha value is -1.86. The van der Waals surface area contributed by atoms with E-state index in [0.717, 1.165) is 6.42 Å². The Morgan fingerprint density at radius 1 is 1.44 bits per heavy atom. The molecule has 0 unspecified atom stereocenters. The van der Waals surface area contributed by atoms with Gasteiger partial charge < -0.3 is 4.57 Å². The predicted molar refractivity (Wildman–Crippen MR) is 63.4 cm³/mol. The lowest BCUT2D eigenvalue weighted by Crippen LogP contribution is -2.22. The molecule has 3 nitrogen and oxygen atoms in total. The van der Waals surface area contributed by atoms with E-state index in [1.54, 1.807) is 34.2 Å². The Kier molecular flexibility index (Phi) is 3.18. The summed E-state index contributed by atoms with van der Waals surface area (Å²) in [7, 11) is 0. The van der Waals surface area contributed by atoms with Crippen molar-refractivity contribution in [1.29, 1.82) is 5.26 Å². The van der Waals surface area contributed by atoms with E-state index in [1.807, 2.05) is 17.5 Å². The van der Waals surface area contributed by atoms with E-state index in [-0.39, 0.29) is 11.1 Å². The third-order valence-corrected chi connectivity index (χ3v) is 3.09. The number of nitriles is 1. The summed E-state index contributed by atoms with van der Waals surface area (Å²) in [4.78, 5) is 11.7. The van der Waals surface area contributed by atoms with Crippen molar-refractivity contribution in [2.24, 2.45) is 0 Å². The van der Waals surface area contributed by atoms with Crippen LogP contribution in [0.2, 0.25) is 0 Å². The molecule has 4 heteroatoms. The van der Waals surface area contributed by atoms with Crippen LogP contribution in [0.4, 0.5) is 0 Å². The van der Waals surface area contributed by atoms with Gasteiger partial charge in [-0.3, -0.25) is 4.79 Å². The van der Waals surface area contributed by atoms with Crippen LogP contribution in [-0.2, 0) is 13.0 Å². The van der Waals surface area contributed by atoms with Crippen LogP contribution in [0.25, 0.3) is 0 Å². The summed E-state index contributed by atoms with van der Waals surface area (Å²) in [6.07, 6.45) is 2.54. The van der Waals surface area contributed by atoms with Gasteiger partial charge in [-0.25, -0.2) is 0 Å². The van der Waals surface area contributed by atoms with E-state index >= 15 is 0 Å². The smallest absolute Gasteiger partial charge is 0.268 e. The summed E-state index contributed by atoms with van der Waals surface area (Å²) in [5.41, 5.74) is 1.22. The molecule has 0 fully saturated rings. The fourth-order valence-electron chi connectivity index (χ4n) is 1.48. The second-order valence-corrected chi connectivity index (χ2v) is 4.19. The molecule has 0 spiro atoms. The highest BCUT2D eigenvalue weighted by Gasteiger charge is 2.02. The molecule has 16 heavy (non-hydrogen) atoms. The van der Waals surface area contributed by atoms with Crippen molar-refractivity contribution in [1.82, 2.24) is 4.57 Å². The monoisotopic (exact) mass is 230 g/mol. The molecule has 80 valence electrons. The third kappa shape index (κ3) is 2.20. The zero-order valence-corrected chi connectivity index (χ0v) is 9.41. The Morgan fingerprint density at radius 3 is 3.00 bits per heavy atom. The Bertz CT molecular complexity index is 563. The zero-order chi connectivity index (χ0) is 11.4. The summed E-state index contributed by atoms with van der Waals surface area (Å²) < 4.78 is 1.58. The van der Waals surface area contributed by atoms with Gasteiger partial charge in [0, 0.05) is 12.7 Å². The lowest BCUT2D eigenvalue weighted by Gasteiger charge is -2.04. The minimum atomic E-state index is -0.208. The summed E-state index contributed by atoms with van der Waals surface area (Å²) >= 11 is 1.65. The molecule has 2 rings (SSSR count). The maximum atomic E-state index is 11.7. The van der Waals surface area contributed by atoms with E-state index in [4.69, 9.17) is 5.26 Å². The molecule has 2 aromatic rings. The number of aromatic nitrogens is 1. The van der Waals surface area contributed by atoms with Crippen molar-refractivity contribution in [3.63, 3.8) is 0 Å². The minimum absolute atomic E-state index is 0.202. The van der Waals surface area contributed by atoms with Gasteiger partial charge in [-0.05, 0) is 40.9 Å². The fraction of sp³-hybridized carbons (Fsp3) is 0.167. The molecule has 0 aliphatic rings. The SMILES string of the molecule is N#Cc1cccn(CCc2ccsc2)c1=O. The van der Waals surface area contributed by atoms with E-state index in [2.05, 4.69) is 5.38 Å². The molecular weight excluding hydrogens is 220 g/mol. The summed E-state index contributed by atoms with van der Waals surface area (Å²) in [6.45, 7) is 0.616. The van der Waals surface area contributed by atoms with Crippen molar-refractivity contribution in [3.05, 3.63) is 56.6 Å². The molecule has 0 radical (unpaired) electrons. The van der Waals surface area contributed by atoms with Gasteiger partial charge in [0.05, 0.1) is 0 Å². The summed E-state index contributed by atoms with van der Waals surface area (Å²) in [5.74, 6) is 0. The molecule has 0 bridgehead atoms. The molecule has 2 heterocycles. The van der Waals surface area contributed by atoms with E-state index < -0.39 is 0 Å². The number of hydrogen-bond acceptors (Lipinski definition) is 3. The van der Waals surface area contributed by atoms with Gasteiger partial charge in [0.15, 0.2) is 0 Å². The normalized spacial score (nSPS) is 9.94. The lowest BCUT2D eigenvalue weighted by molar-refractivity contribution is 0.669. The number of thiophene rings is 1. The largest absolute Gasteiger partial charge is 0.314 e. The van der Waals surface area contributed by atoms with Crippen LogP contribution in [0.1, 0.15) is 11.1 Å². The predicted octanol–water partition coefficient (Wildman–Crippen LogP) is 2.02. The maximum absolute atomic E-state index is 11.7. The van der Waals surface area contributed by atoms with Crippen LogP contribution in [0.5, 0.6) is 0 Å². The van der Waals surface area contributed by atoms with Crippen LogP contribution in [0.3, 0.4) is 0 Å². The topological polar surface area (TPSA) is 45.8 Å².